The summed E-state index contributed by atoms with van der Waals surface area (Å²) in [6.45, 7) is 4.13. The second kappa shape index (κ2) is 8.77. The van der Waals surface area contributed by atoms with Crippen molar-refractivity contribution >= 4 is 5.96 Å². The molecule has 1 heterocycles. The second-order valence-corrected chi connectivity index (χ2v) is 5.02. The van der Waals surface area contributed by atoms with Gasteiger partial charge in [-0.25, -0.2) is 9.98 Å². The Morgan fingerprint density at radius 2 is 2.22 bits per heavy atom. The Morgan fingerprint density at radius 1 is 1.35 bits per heavy atom. The van der Waals surface area contributed by atoms with E-state index < -0.39 is 0 Å². The Bertz CT molecular complexity index is 637. The number of hydrogen-bond acceptors (Lipinski definition) is 4. The summed E-state index contributed by atoms with van der Waals surface area (Å²) in [6.07, 6.45) is 2.43. The van der Waals surface area contributed by atoms with Crippen LogP contribution in [0.4, 0.5) is 0 Å². The van der Waals surface area contributed by atoms with Crippen LogP contribution in [0.3, 0.4) is 0 Å². The average molecular weight is 316 g/mol. The first-order valence-electron chi connectivity index (χ1n) is 7.71. The lowest BCUT2D eigenvalue weighted by Crippen LogP contribution is -2.38. The van der Waals surface area contributed by atoms with Crippen molar-refractivity contribution in [3.63, 3.8) is 0 Å². The molecule has 2 N–H and O–H groups in total. The van der Waals surface area contributed by atoms with Crippen molar-refractivity contribution in [1.29, 1.82) is 0 Å². The number of aromatic nitrogens is 3. The van der Waals surface area contributed by atoms with Crippen LogP contribution >= 0.6 is 0 Å². The fraction of sp³-hybridized carbons (Fsp3) is 0.438. The molecule has 0 amide bonds. The minimum atomic E-state index is 0.491. The minimum Gasteiger partial charge on any atom is -0.497 e. The van der Waals surface area contributed by atoms with Crippen molar-refractivity contribution in [3.05, 3.63) is 42.0 Å². The number of benzene rings is 1. The molecule has 0 unspecified atom stereocenters. The largest absolute Gasteiger partial charge is 0.497 e. The molecule has 0 aliphatic carbocycles. The molecule has 0 aliphatic rings. The van der Waals surface area contributed by atoms with Gasteiger partial charge in [0.15, 0.2) is 5.96 Å². The van der Waals surface area contributed by atoms with Crippen LogP contribution in [0, 0.1) is 0 Å². The van der Waals surface area contributed by atoms with E-state index in [-0.39, 0.29) is 0 Å². The van der Waals surface area contributed by atoms with Gasteiger partial charge in [-0.15, -0.1) is 0 Å². The van der Waals surface area contributed by atoms with Crippen LogP contribution in [0.5, 0.6) is 5.75 Å². The van der Waals surface area contributed by atoms with Crippen molar-refractivity contribution < 1.29 is 4.74 Å². The van der Waals surface area contributed by atoms with Crippen molar-refractivity contribution in [2.45, 2.75) is 19.9 Å². The third-order valence-corrected chi connectivity index (χ3v) is 3.37. The molecule has 7 nitrogen and oxygen atoms in total. The Labute approximate surface area is 136 Å². The molecule has 23 heavy (non-hydrogen) atoms. The van der Waals surface area contributed by atoms with Gasteiger partial charge in [0, 0.05) is 20.1 Å². The zero-order valence-corrected chi connectivity index (χ0v) is 13.9. The van der Waals surface area contributed by atoms with Crippen LogP contribution in [0.1, 0.15) is 18.3 Å². The summed E-state index contributed by atoms with van der Waals surface area (Å²) in [5, 5.41) is 10.6. The Balaban J connectivity index is 1.87. The summed E-state index contributed by atoms with van der Waals surface area (Å²) in [5.41, 5.74) is 1.22. The molecule has 124 valence electrons. The number of rotatable bonds is 7. The number of aryl methyl sites for hydroxylation is 1. The van der Waals surface area contributed by atoms with E-state index in [0.29, 0.717) is 6.54 Å². The lowest BCUT2D eigenvalue weighted by molar-refractivity contribution is 0.414. The highest BCUT2D eigenvalue weighted by atomic mass is 16.5. The molecular formula is C16H24N6O. The first-order chi connectivity index (χ1) is 11.2. The van der Waals surface area contributed by atoms with Crippen molar-refractivity contribution in [1.82, 2.24) is 25.4 Å². The monoisotopic (exact) mass is 316 g/mol. The molecule has 2 aromatic rings. The molecule has 0 saturated carbocycles. The summed E-state index contributed by atoms with van der Waals surface area (Å²) in [7, 11) is 3.54. The SMILES string of the molecule is CCNC(=NCc1ncnn1C)NCCc1cccc(OC)c1. The van der Waals surface area contributed by atoms with E-state index in [2.05, 4.69) is 31.8 Å². The number of guanidine groups is 1. The molecule has 0 fully saturated rings. The van der Waals surface area contributed by atoms with Gasteiger partial charge in [-0.1, -0.05) is 12.1 Å². The molecule has 1 aromatic heterocycles. The number of ether oxygens (including phenoxy) is 1. The van der Waals surface area contributed by atoms with Crippen LogP contribution < -0.4 is 15.4 Å². The molecule has 0 radical (unpaired) electrons. The molecule has 1 aromatic carbocycles. The first kappa shape index (κ1) is 16.8. The summed E-state index contributed by atoms with van der Waals surface area (Å²) in [5.74, 6) is 2.48. The summed E-state index contributed by atoms with van der Waals surface area (Å²) < 4.78 is 6.97. The van der Waals surface area contributed by atoms with Crippen LogP contribution in [0.15, 0.2) is 35.6 Å². The number of hydrogen-bond donors (Lipinski definition) is 2. The van der Waals surface area contributed by atoms with E-state index in [0.717, 1.165) is 37.0 Å². The lowest BCUT2D eigenvalue weighted by atomic mass is 10.1. The highest BCUT2D eigenvalue weighted by Gasteiger charge is 2.02. The van der Waals surface area contributed by atoms with Crippen molar-refractivity contribution in [3.8, 4) is 5.75 Å². The highest BCUT2D eigenvalue weighted by molar-refractivity contribution is 5.79. The third-order valence-electron chi connectivity index (χ3n) is 3.37. The maximum absolute atomic E-state index is 5.24. The van der Waals surface area contributed by atoms with E-state index >= 15 is 0 Å². The lowest BCUT2D eigenvalue weighted by Gasteiger charge is -2.11. The molecule has 0 saturated heterocycles. The van der Waals surface area contributed by atoms with Gasteiger partial charge in [0.1, 0.15) is 24.4 Å². The Kier molecular flexibility index (Phi) is 6.40. The predicted octanol–water partition coefficient (Wildman–Crippen LogP) is 1.12. The molecule has 7 heteroatoms. The van der Waals surface area contributed by atoms with Crippen molar-refractivity contribution in [2.75, 3.05) is 20.2 Å². The van der Waals surface area contributed by atoms with Crippen LogP contribution in [-0.4, -0.2) is 40.9 Å². The topological polar surface area (TPSA) is 76.4 Å². The summed E-state index contributed by atoms with van der Waals surface area (Å²) in [6, 6.07) is 8.09. The van der Waals surface area contributed by atoms with Gasteiger partial charge >= 0.3 is 0 Å². The fourth-order valence-electron chi connectivity index (χ4n) is 2.11. The molecule has 0 atom stereocenters. The normalized spacial score (nSPS) is 11.3. The second-order valence-electron chi connectivity index (χ2n) is 5.02. The minimum absolute atomic E-state index is 0.491. The van der Waals surface area contributed by atoms with Crippen LogP contribution in [0.2, 0.25) is 0 Å². The number of nitrogens with one attached hydrogen (secondary N) is 2. The maximum Gasteiger partial charge on any atom is 0.191 e. The van der Waals surface area contributed by atoms with Gasteiger partial charge in [0.05, 0.1) is 7.11 Å². The first-order valence-corrected chi connectivity index (χ1v) is 7.71. The van der Waals surface area contributed by atoms with Gasteiger partial charge in [0.2, 0.25) is 0 Å². The predicted molar refractivity (Wildman–Crippen MR) is 90.5 cm³/mol. The van der Waals surface area contributed by atoms with Gasteiger partial charge < -0.3 is 15.4 Å². The number of aliphatic imine (C=N–C) groups is 1. The van der Waals surface area contributed by atoms with E-state index in [4.69, 9.17) is 4.74 Å². The Hall–Kier alpha value is -2.57. The van der Waals surface area contributed by atoms with E-state index in [9.17, 15) is 0 Å². The summed E-state index contributed by atoms with van der Waals surface area (Å²) >= 11 is 0. The van der Waals surface area contributed by atoms with Gasteiger partial charge in [-0.2, -0.15) is 5.10 Å². The maximum atomic E-state index is 5.24. The molecular weight excluding hydrogens is 292 g/mol. The van der Waals surface area contributed by atoms with Crippen molar-refractivity contribution in [2.24, 2.45) is 12.0 Å². The average Bonchev–Trinajstić information content (AvgIpc) is 2.98. The molecule has 0 spiro atoms. The molecule has 0 aliphatic heterocycles. The van der Waals surface area contributed by atoms with Gasteiger partial charge in [0.25, 0.3) is 0 Å². The van der Waals surface area contributed by atoms with E-state index in [1.165, 1.54) is 11.9 Å². The quantitative estimate of drug-likeness (QED) is 0.591. The van der Waals surface area contributed by atoms with E-state index in [1.807, 2.05) is 32.2 Å². The fourth-order valence-corrected chi connectivity index (χ4v) is 2.11. The highest BCUT2D eigenvalue weighted by Crippen LogP contribution is 2.12. The zero-order chi connectivity index (χ0) is 16.5. The standard InChI is InChI=1S/C16H24N6O/c1-4-17-16(19-11-15-20-12-21-22(15)2)18-9-8-13-6-5-7-14(10-13)23-3/h5-7,10,12H,4,8-9,11H2,1-3H3,(H2,17,18,19). The Morgan fingerprint density at radius 3 is 2.91 bits per heavy atom. The number of methoxy groups -OCH3 is 1. The smallest absolute Gasteiger partial charge is 0.191 e. The third kappa shape index (κ3) is 5.28. The van der Waals surface area contributed by atoms with E-state index in [1.54, 1.807) is 11.8 Å². The summed E-state index contributed by atoms with van der Waals surface area (Å²) in [4.78, 5) is 8.70. The van der Waals surface area contributed by atoms with Crippen LogP contribution in [-0.2, 0) is 20.0 Å². The molecule has 0 bridgehead atoms. The van der Waals surface area contributed by atoms with Gasteiger partial charge in [-0.05, 0) is 31.0 Å². The number of nitrogens with zero attached hydrogens (tertiary/aromatic N) is 4. The van der Waals surface area contributed by atoms with Crippen LogP contribution in [0.25, 0.3) is 0 Å². The zero-order valence-electron chi connectivity index (χ0n) is 13.9. The molecule has 2 rings (SSSR count). The van der Waals surface area contributed by atoms with Gasteiger partial charge in [-0.3, -0.25) is 4.68 Å².